The fraction of sp³-hybridized carbons (Fsp3) is 0.476. The second kappa shape index (κ2) is 9.31. The number of likely N-dealkylation sites (tertiary alicyclic amines) is 1. The van der Waals surface area contributed by atoms with Crippen LogP contribution in [0, 0.1) is 12.8 Å². The maximum atomic E-state index is 12.8. The molecule has 0 saturated carbocycles. The summed E-state index contributed by atoms with van der Waals surface area (Å²) in [5.74, 6) is 0.833. The van der Waals surface area contributed by atoms with Crippen LogP contribution in [-0.4, -0.2) is 46.7 Å². The van der Waals surface area contributed by atoms with Crippen molar-refractivity contribution >= 4 is 29.1 Å². The third kappa shape index (κ3) is 5.29. The zero-order valence-electron chi connectivity index (χ0n) is 17.1. The average Bonchev–Trinajstić information content (AvgIpc) is 3.04. The van der Waals surface area contributed by atoms with E-state index in [1.165, 1.54) is 0 Å². The summed E-state index contributed by atoms with van der Waals surface area (Å²) in [5, 5.41) is 7.59. The fourth-order valence-corrected chi connectivity index (χ4v) is 4.02. The molecule has 1 atom stereocenters. The van der Waals surface area contributed by atoms with Crippen LogP contribution in [0.1, 0.15) is 41.9 Å². The molecule has 1 saturated heterocycles. The Bertz CT molecular complexity index is 896. The first-order valence-corrected chi connectivity index (χ1v) is 10.2. The van der Waals surface area contributed by atoms with Gasteiger partial charge in [-0.05, 0) is 56.4 Å². The van der Waals surface area contributed by atoms with Crippen LogP contribution in [0.25, 0.3) is 0 Å². The third-order valence-corrected chi connectivity index (χ3v) is 5.54. The monoisotopic (exact) mass is 418 g/mol. The van der Waals surface area contributed by atoms with Gasteiger partial charge in [0.05, 0.1) is 17.8 Å². The van der Waals surface area contributed by atoms with Crippen molar-refractivity contribution in [1.82, 2.24) is 14.7 Å². The molecule has 1 aromatic carbocycles. The van der Waals surface area contributed by atoms with Crippen molar-refractivity contribution in [3.63, 3.8) is 0 Å². The molecule has 1 N–H and O–H groups in total. The maximum Gasteiger partial charge on any atom is 0.272 e. The van der Waals surface area contributed by atoms with Gasteiger partial charge in [0.25, 0.3) is 5.91 Å². The van der Waals surface area contributed by atoms with Gasteiger partial charge in [-0.1, -0.05) is 11.6 Å². The Morgan fingerprint density at radius 3 is 2.79 bits per heavy atom. The van der Waals surface area contributed by atoms with Gasteiger partial charge >= 0.3 is 0 Å². The number of amides is 2. The lowest BCUT2D eigenvalue weighted by Crippen LogP contribution is -2.40. The second-order valence-corrected chi connectivity index (χ2v) is 7.90. The lowest BCUT2D eigenvalue weighted by atomic mass is 9.93. The molecule has 7 nitrogen and oxygen atoms in total. The summed E-state index contributed by atoms with van der Waals surface area (Å²) in [6.07, 6.45) is 3.11. The molecule has 0 bridgehead atoms. The number of methoxy groups -OCH3 is 1. The van der Waals surface area contributed by atoms with Gasteiger partial charge in [-0.15, -0.1) is 0 Å². The van der Waals surface area contributed by atoms with Gasteiger partial charge in [0.1, 0.15) is 11.4 Å². The largest absolute Gasteiger partial charge is 0.495 e. The number of aryl methyl sites for hydroxylation is 2. The van der Waals surface area contributed by atoms with E-state index in [2.05, 4.69) is 10.4 Å². The molecule has 2 heterocycles. The minimum absolute atomic E-state index is 0.00938. The van der Waals surface area contributed by atoms with E-state index in [9.17, 15) is 9.59 Å². The van der Waals surface area contributed by atoms with E-state index in [1.807, 2.05) is 17.9 Å². The summed E-state index contributed by atoms with van der Waals surface area (Å²) in [4.78, 5) is 27.0. The molecule has 0 spiro atoms. The van der Waals surface area contributed by atoms with Gasteiger partial charge in [-0.2, -0.15) is 5.10 Å². The Hall–Kier alpha value is -2.54. The molecule has 0 radical (unpaired) electrons. The highest BCUT2D eigenvalue weighted by atomic mass is 35.5. The van der Waals surface area contributed by atoms with Gasteiger partial charge in [0.15, 0.2) is 0 Å². The first-order chi connectivity index (χ1) is 13.9. The van der Waals surface area contributed by atoms with Gasteiger partial charge in [0.2, 0.25) is 5.91 Å². The number of hydrogen-bond donors (Lipinski definition) is 1. The summed E-state index contributed by atoms with van der Waals surface area (Å²) in [6, 6.07) is 6.98. The molecular formula is C21H27ClN4O3. The summed E-state index contributed by atoms with van der Waals surface area (Å²) in [7, 11) is 3.34. The first-order valence-electron chi connectivity index (χ1n) is 9.80. The predicted octanol–water partition coefficient (Wildman–Crippen LogP) is 3.66. The summed E-state index contributed by atoms with van der Waals surface area (Å²) in [5.41, 5.74) is 2.09. The van der Waals surface area contributed by atoms with Crippen molar-refractivity contribution in [1.29, 1.82) is 0 Å². The molecule has 156 valence electrons. The Morgan fingerprint density at radius 1 is 1.34 bits per heavy atom. The van der Waals surface area contributed by atoms with Gasteiger partial charge in [-0.3, -0.25) is 14.3 Å². The van der Waals surface area contributed by atoms with Crippen molar-refractivity contribution < 1.29 is 14.3 Å². The topological polar surface area (TPSA) is 76.5 Å². The van der Waals surface area contributed by atoms with Crippen molar-refractivity contribution in [2.24, 2.45) is 13.0 Å². The van der Waals surface area contributed by atoms with Crippen LogP contribution in [0.2, 0.25) is 5.02 Å². The minimum atomic E-state index is -0.0584. The van der Waals surface area contributed by atoms with E-state index >= 15 is 0 Å². The lowest BCUT2D eigenvalue weighted by molar-refractivity contribution is -0.116. The third-order valence-electron chi connectivity index (χ3n) is 5.24. The van der Waals surface area contributed by atoms with Gasteiger partial charge < -0.3 is 15.0 Å². The highest BCUT2D eigenvalue weighted by Gasteiger charge is 2.26. The standard InChI is InChI=1S/C21H27ClN4O3/c1-14-11-18(25(2)24-14)21(28)26-10-4-5-15(13-26)6-9-20(27)23-16-7-8-19(29-3)17(22)12-16/h7-8,11-12,15H,4-6,9-10,13H2,1-3H3,(H,23,27)/t15-/m1/s1. The molecular weight excluding hydrogens is 392 g/mol. The summed E-state index contributed by atoms with van der Waals surface area (Å²) in [6.45, 7) is 3.30. The van der Waals surface area contributed by atoms with E-state index < -0.39 is 0 Å². The van der Waals surface area contributed by atoms with Crippen molar-refractivity contribution in [3.8, 4) is 5.75 Å². The number of nitrogens with zero attached hydrogens (tertiary/aromatic N) is 3. The fourth-order valence-electron chi connectivity index (χ4n) is 3.76. The first kappa shape index (κ1) is 21.2. The number of carbonyl (C=O) groups excluding carboxylic acids is 2. The Kier molecular flexibility index (Phi) is 6.79. The molecule has 0 unspecified atom stereocenters. The number of anilines is 1. The van der Waals surface area contributed by atoms with Crippen LogP contribution >= 0.6 is 11.6 Å². The maximum absolute atomic E-state index is 12.8. The number of piperidine rings is 1. The summed E-state index contributed by atoms with van der Waals surface area (Å²) >= 11 is 6.10. The number of benzene rings is 1. The molecule has 3 rings (SSSR count). The number of ether oxygens (including phenoxy) is 1. The van der Waals surface area contributed by atoms with E-state index in [1.54, 1.807) is 37.0 Å². The number of nitrogens with one attached hydrogen (secondary N) is 1. The average molecular weight is 419 g/mol. The molecule has 1 aliphatic rings. The van der Waals surface area contributed by atoms with Gasteiger partial charge in [0, 0.05) is 32.2 Å². The molecule has 2 amide bonds. The van der Waals surface area contributed by atoms with Gasteiger partial charge in [-0.25, -0.2) is 0 Å². The van der Waals surface area contributed by atoms with E-state index in [-0.39, 0.29) is 11.8 Å². The molecule has 1 fully saturated rings. The molecule has 0 aliphatic carbocycles. The van der Waals surface area contributed by atoms with Crippen LogP contribution < -0.4 is 10.1 Å². The molecule has 1 aromatic heterocycles. The van der Waals surface area contributed by atoms with Crippen LogP contribution in [-0.2, 0) is 11.8 Å². The number of aromatic nitrogens is 2. The van der Waals surface area contributed by atoms with Crippen molar-refractivity contribution in [2.45, 2.75) is 32.6 Å². The zero-order chi connectivity index (χ0) is 21.0. The minimum Gasteiger partial charge on any atom is -0.495 e. The highest BCUT2D eigenvalue weighted by Crippen LogP contribution is 2.28. The number of hydrogen-bond acceptors (Lipinski definition) is 4. The highest BCUT2D eigenvalue weighted by molar-refractivity contribution is 6.32. The molecule has 29 heavy (non-hydrogen) atoms. The Morgan fingerprint density at radius 2 is 2.14 bits per heavy atom. The number of halogens is 1. The van der Waals surface area contributed by atoms with Crippen LogP contribution in [0.4, 0.5) is 5.69 Å². The van der Waals surface area contributed by atoms with E-state index in [0.29, 0.717) is 41.0 Å². The zero-order valence-corrected chi connectivity index (χ0v) is 17.8. The quantitative estimate of drug-likeness (QED) is 0.776. The van der Waals surface area contributed by atoms with Crippen molar-refractivity contribution in [3.05, 3.63) is 40.7 Å². The number of rotatable bonds is 6. The normalized spacial score (nSPS) is 16.6. The van der Waals surface area contributed by atoms with Crippen LogP contribution in [0.5, 0.6) is 5.75 Å². The number of carbonyl (C=O) groups is 2. The second-order valence-electron chi connectivity index (χ2n) is 7.49. The lowest BCUT2D eigenvalue weighted by Gasteiger charge is -2.32. The Balaban J connectivity index is 1.51. The van der Waals surface area contributed by atoms with Crippen LogP contribution in [0.3, 0.4) is 0 Å². The predicted molar refractivity (Wildman–Crippen MR) is 112 cm³/mol. The SMILES string of the molecule is COc1ccc(NC(=O)CC[C@H]2CCCN(C(=O)c3cc(C)nn3C)C2)cc1Cl. The van der Waals surface area contributed by atoms with Crippen LogP contribution in [0.15, 0.2) is 24.3 Å². The Labute approximate surface area is 176 Å². The van der Waals surface area contributed by atoms with E-state index in [4.69, 9.17) is 16.3 Å². The molecule has 1 aliphatic heterocycles. The molecule has 2 aromatic rings. The summed E-state index contributed by atoms with van der Waals surface area (Å²) < 4.78 is 6.75. The molecule has 8 heteroatoms. The smallest absolute Gasteiger partial charge is 0.272 e. The van der Waals surface area contributed by atoms with E-state index in [0.717, 1.165) is 31.5 Å². The van der Waals surface area contributed by atoms with Crippen molar-refractivity contribution in [2.75, 3.05) is 25.5 Å².